The molecule has 0 atom stereocenters. The van der Waals surface area contributed by atoms with Crippen LogP contribution in [0.1, 0.15) is 49.4 Å². The molecule has 0 spiro atoms. The van der Waals surface area contributed by atoms with Crippen molar-refractivity contribution in [2.45, 2.75) is 19.3 Å². The highest BCUT2D eigenvalue weighted by Gasteiger charge is 2.14. The van der Waals surface area contributed by atoms with Crippen molar-refractivity contribution in [3.8, 4) is 11.5 Å². The van der Waals surface area contributed by atoms with Crippen molar-refractivity contribution < 1.29 is 19.1 Å². The van der Waals surface area contributed by atoms with E-state index in [2.05, 4.69) is 0 Å². The Morgan fingerprint density at radius 1 is 0.543 bits per heavy atom. The van der Waals surface area contributed by atoms with Gasteiger partial charge in [0.2, 0.25) is 0 Å². The molecule has 0 amide bonds. The molecule has 35 heavy (non-hydrogen) atoms. The van der Waals surface area contributed by atoms with E-state index in [1.54, 1.807) is 26.4 Å². The second-order valence-electron chi connectivity index (χ2n) is 8.30. The number of carbonyl (C=O) groups excluding carboxylic acids is 2. The Bertz CT molecular complexity index is 1210. The van der Waals surface area contributed by atoms with Gasteiger partial charge >= 0.3 is 0 Å². The minimum atomic E-state index is -0.0108. The van der Waals surface area contributed by atoms with E-state index in [4.69, 9.17) is 9.47 Å². The topological polar surface area (TPSA) is 52.6 Å². The lowest BCUT2D eigenvalue weighted by Crippen LogP contribution is -2.04. The van der Waals surface area contributed by atoms with Crippen LogP contribution in [0.3, 0.4) is 0 Å². The first kappa shape index (κ1) is 24.0. The molecule has 0 unspecified atom stereocenters. The lowest BCUT2D eigenvalue weighted by atomic mass is 9.96. The van der Waals surface area contributed by atoms with Gasteiger partial charge in [-0.3, -0.25) is 9.59 Å². The molecule has 0 heterocycles. The fourth-order valence-electron chi connectivity index (χ4n) is 4.21. The molecule has 0 aliphatic rings. The number of hydrogen-bond acceptors (Lipinski definition) is 4. The summed E-state index contributed by atoms with van der Waals surface area (Å²) < 4.78 is 11.1. The molecule has 0 aromatic heterocycles. The van der Waals surface area contributed by atoms with Gasteiger partial charge in [-0.1, -0.05) is 60.7 Å². The van der Waals surface area contributed by atoms with Crippen LogP contribution in [0.25, 0.3) is 0 Å². The van der Waals surface area contributed by atoms with Crippen molar-refractivity contribution in [2.75, 3.05) is 14.2 Å². The van der Waals surface area contributed by atoms with Crippen molar-refractivity contribution in [3.05, 3.63) is 130 Å². The lowest BCUT2D eigenvalue weighted by Gasteiger charge is -2.13. The number of aryl methyl sites for hydroxylation is 2. The third-order valence-corrected chi connectivity index (χ3v) is 6.05. The van der Waals surface area contributed by atoms with E-state index in [9.17, 15) is 9.59 Å². The average Bonchev–Trinajstić information content (AvgIpc) is 2.93. The maximum atomic E-state index is 12.9. The Morgan fingerprint density at radius 2 is 0.943 bits per heavy atom. The summed E-state index contributed by atoms with van der Waals surface area (Å²) in [5.41, 5.74) is 4.55. The van der Waals surface area contributed by atoms with Gasteiger partial charge in [0, 0.05) is 22.3 Å². The van der Waals surface area contributed by atoms with Gasteiger partial charge in [-0.2, -0.15) is 0 Å². The van der Waals surface area contributed by atoms with E-state index in [1.165, 1.54) is 0 Å². The van der Waals surface area contributed by atoms with Crippen LogP contribution in [0.15, 0.2) is 97.1 Å². The second-order valence-corrected chi connectivity index (χ2v) is 8.30. The van der Waals surface area contributed by atoms with E-state index in [0.29, 0.717) is 22.3 Å². The number of rotatable bonds is 10. The van der Waals surface area contributed by atoms with Gasteiger partial charge in [0.05, 0.1) is 14.2 Å². The zero-order valence-corrected chi connectivity index (χ0v) is 20.0. The highest BCUT2D eigenvalue weighted by molar-refractivity contribution is 6.09. The number of ketones is 2. The van der Waals surface area contributed by atoms with Gasteiger partial charge in [0.25, 0.3) is 0 Å². The van der Waals surface area contributed by atoms with E-state index in [-0.39, 0.29) is 11.6 Å². The number of benzene rings is 4. The van der Waals surface area contributed by atoms with Gasteiger partial charge in [0.15, 0.2) is 11.6 Å². The number of methoxy groups -OCH3 is 2. The van der Waals surface area contributed by atoms with Crippen molar-refractivity contribution >= 4 is 11.6 Å². The van der Waals surface area contributed by atoms with Gasteiger partial charge in [-0.05, 0) is 66.8 Å². The minimum Gasteiger partial charge on any atom is -0.496 e. The van der Waals surface area contributed by atoms with Crippen molar-refractivity contribution in [1.29, 1.82) is 0 Å². The molecule has 4 rings (SSSR count). The van der Waals surface area contributed by atoms with Crippen LogP contribution in [0.5, 0.6) is 11.5 Å². The Kier molecular flexibility index (Phi) is 7.74. The monoisotopic (exact) mass is 464 g/mol. The second kappa shape index (κ2) is 11.3. The Labute approximate surface area is 206 Å². The molecular formula is C31H28O4. The van der Waals surface area contributed by atoms with Gasteiger partial charge < -0.3 is 9.47 Å². The minimum absolute atomic E-state index is 0.0108. The van der Waals surface area contributed by atoms with Crippen molar-refractivity contribution in [2.24, 2.45) is 0 Å². The molecule has 4 nitrogen and oxygen atoms in total. The van der Waals surface area contributed by atoms with E-state index >= 15 is 0 Å². The lowest BCUT2D eigenvalue weighted by molar-refractivity contribution is 0.103. The molecule has 4 aromatic rings. The summed E-state index contributed by atoms with van der Waals surface area (Å²) in [6.07, 6.45) is 2.25. The first-order chi connectivity index (χ1) is 17.1. The molecule has 0 saturated carbocycles. The zero-order chi connectivity index (χ0) is 24.6. The zero-order valence-electron chi connectivity index (χ0n) is 20.0. The quantitative estimate of drug-likeness (QED) is 0.257. The summed E-state index contributed by atoms with van der Waals surface area (Å²) in [7, 11) is 3.28. The SMILES string of the molecule is COc1ccc(C(=O)c2ccccc2)cc1CCCc1cc(C(=O)c2ccccc2)ccc1OC. The van der Waals surface area contributed by atoms with Crippen LogP contribution in [0.2, 0.25) is 0 Å². The van der Waals surface area contributed by atoms with E-state index in [1.807, 2.05) is 84.9 Å². The molecule has 0 radical (unpaired) electrons. The Balaban J connectivity index is 1.51. The normalized spacial score (nSPS) is 10.6. The summed E-state index contributed by atoms with van der Waals surface area (Å²) in [5, 5.41) is 0. The van der Waals surface area contributed by atoms with Crippen LogP contribution in [0, 0.1) is 0 Å². The third kappa shape index (κ3) is 5.67. The van der Waals surface area contributed by atoms with Crippen LogP contribution in [-0.4, -0.2) is 25.8 Å². The number of ether oxygens (including phenoxy) is 2. The maximum Gasteiger partial charge on any atom is 0.193 e. The van der Waals surface area contributed by atoms with Crippen LogP contribution in [0.4, 0.5) is 0 Å². The largest absolute Gasteiger partial charge is 0.496 e. The predicted octanol–water partition coefficient (Wildman–Crippen LogP) is 6.34. The van der Waals surface area contributed by atoms with Crippen LogP contribution < -0.4 is 9.47 Å². The highest BCUT2D eigenvalue weighted by Crippen LogP contribution is 2.27. The van der Waals surface area contributed by atoms with E-state index in [0.717, 1.165) is 41.9 Å². The summed E-state index contributed by atoms with van der Waals surface area (Å²) in [6, 6.07) is 29.7. The fourth-order valence-corrected chi connectivity index (χ4v) is 4.21. The van der Waals surface area contributed by atoms with Gasteiger partial charge in [-0.25, -0.2) is 0 Å². The molecule has 0 bridgehead atoms. The van der Waals surface area contributed by atoms with E-state index < -0.39 is 0 Å². The first-order valence-electron chi connectivity index (χ1n) is 11.6. The fraction of sp³-hybridized carbons (Fsp3) is 0.161. The summed E-state index contributed by atoms with van der Waals surface area (Å²) >= 11 is 0. The molecule has 4 aromatic carbocycles. The van der Waals surface area contributed by atoms with Gasteiger partial charge in [-0.15, -0.1) is 0 Å². The molecule has 0 N–H and O–H groups in total. The summed E-state index contributed by atoms with van der Waals surface area (Å²) in [4.78, 5) is 25.8. The third-order valence-electron chi connectivity index (χ3n) is 6.05. The predicted molar refractivity (Wildman–Crippen MR) is 138 cm³/mol. The molecule has 4 heteroatoms. The summed E-state index contributed by atoms with van der Waals surface area (Å²) in [5.74, 6) is 1.50. The smallest absolute Gasteiger partial charge is 0.193 e. The maximum absolute atomic E-state index is 12.9. The molecule has 0 fully saturated rings. The van der Waals surface area contributed by atoms with Crippen LogP contribution in [-0.2, 0) is 12.8 Å². The molecule has 0 saturated heterocycles. The van der Waals surface area contributed by atoms with Crippen LogP contribution >= 0.6 is 0 Å². The number of hydrogen-bond donors (Lipinski definition) is 0. The van der Waals surface area contributed by atoms with Crippen molar-refractivity contribution in [1.82, 2.24) is 0 Å². The Morgan fingerprint density at radius 3 is 1.31 bits per heavy atom. The van der Waals surface area contributed by atoms with Crippen molar-refractivity contribution in [3.63, 3.8) is 0 Å². The standard InChI is InChI=1S/C31H28O4/c1-34-28-18-16-26(30(32)22-10-5-3-6-11-22)20-24(28)14-9-15-25-21-27(17-19-29(25)35-2)31(33)23-12-7-4-8-13-23/h3-8,10-13,16-21H,9,14-15H2,1-2H3. The first-order valence-corrected chi connectivity index (χ1v) is 11.6. The highest BCUT2D eigenvalue weighted by atomic mass is 16.5. The average molecular weight is 465 g/mol. The Hall–Kier alpha value is -4.18. The van der Waals surface area contributed by atoms with Gasteiger partial charge in [0.1, 0.15) is 11.5 Å². The molecule has 176 valence electrons. The number of carbonyl (C=O) groups is 2. The molecule has 0 aliphatic heterocycles. The molecule has 0 aliphatic carbocycles. The molecular weight excluding hydrogens is 436 g/mol. The summed E-state index contributed by atoms with van der Waals surface area (Å²) in [6.45, 7) is 0.